The molecule has 0 bridgehead atoms. The maximum absolute atomic E-state index is 13.9. The Bertz CT molecular complexity index is 1270. The number of carbonyl (C=O) groups excluding carboxylic acids is 1. The molecule has 194 valence electrons. The number of fused-ring (bicyclic) bond motifs is 1. The molecule has 2 fully saturated rings. The molecular weight excluding hydrogens is 466 g/mol. The first-order chi connectivity index (χ1) is 17.5. The number of carbonyl (C=O) groups is 1. The highest BCUT2D eigenvalue weighted by molar-refractivity contribution is 6.62. The summed E-state index contributed by atoms with van der Waals surface area (Å²) < 4.78 is 26.1. The topological polar surface area (TPSA) is 60.5 Å². The van der Waals surface area contributed by atoms with Crippen LogP contribution in [0, 0.1) is 11.7 Å². The number of hydrogen-bond donors (Lipinski definition) is 1. The first-order valence-electron chi connectivity index (χ1n) is 13.3. The van der Waals surface area contributed by atoms with E-state index < -0.39 is 18.3 Å². The lowest BCUT2D eigenvalue weighted by Gasteiger charge is -2.33. The largest absolute Gasteiger partial charge is 0.494 e. The van der Waals surface area contributed by atoms with Gasteiger partial charge in [-0.3, -0.25) is 9.78 Å². The van der Waals surface area contributed by atoms with Gasteiger partial charge in [0.1, 0.15) is 5.82 Å². The first-order valence-corrected chi connectivity index (χ1v) is 13.3. The SMILES string of the molecule is C[C@@H](NC(=O)c1ccc(B2OC(C)(C)C(C)(C)O2)cc1)[C@H]1CC[C@H](c2ccnc3ccc(F)cc32)CC1. The van der Waals surface area contributed by atoms with Gasteiger partial charge >= 0.3 is 7.12 Å². The fraction of sp³-hybridized carbons (Fsp3) is 0.467. The van der Waals surface area contributed by atoms with Gasteiger partial charge in [-0.15, -0.1) is 0 Å². The Hall–Kier alpha value is -2.77. The molecule has 1 aromatic heterocycles. The van der Waals surface area contributed by atoms with Crippen LogP contribution in [0.4, 0.5) is 4.39 Å². The zero-order valence-electron chi connectivity index (χ0n) is 22.4. The predicted octanol–water partition coefficient (Wildman–Crippen LogP) is 5.77. The monoisotopic (exact) mass is 502 g/mol. The Morgan fingerprint density at radius 3 is 2.30 bits per heavy atom. The van der Waals surface area contributed by atoms with Crippen LogP contribution in [0.2, 0.25) is 0 Å². The lowest BCUT2D eigenvalue weighted by atomic mass is 9.75. The van der Waals surface area contributed by atoms with E-state index >= 15 is 0 Å². The summed E-state index contributed by atoms with van der Waals surface area (Å²) >= 11 is 0. The maximum atomic E-state index is 13.9. The number of rotatable bonds is 5. The zero-order valence-corrected chi connectivity index (χ0v) is 22.4. The van der Waals surface area contributed by atoms with Gasteiger partial charge in [0.25, 0.3) is 5.91 Å². The number of benzene rings is 2. The van der Waals surface area contributed by atoms with Crippen LogP contribution in [0.25, 0.3) is 10.9 Å². The molecule has 2 aliphatic rings. The fourth-order valence-electron chi connectivity index (χ4n) is 5.60. The molecule has 2 heterocycles. The van der Waals surface area contributed by atoms with E-state index in [0.717, 1.165) is 42.0 Å². The average molecular weight is 502 g/mol. The number of pyridine rings is 1. The number of aromatic nitrogens is 1. The van der Waals surface area contributed by atoms with E-state index in [4.69, 9.17) is 9.31 Å². The van der Waals surface area contributed by atoms with E-state index in [2.05, 4.69) is 17.2 Å². The van der Waals surface area contributed by atoms with Crippen LogP contribution in [0.5, 0.6) is 0 Å². The molecule has 1 atom stereocenters. The minimum Gasteiger partial charge on any atom is -0.399 e. The Kier molecular flexibility index (Phi) is 6.88. The van der Waals surface area contributed by atoms with Crippen molar-refractivity contribution >= 4 is 29.4 Å². The second kappa shape index (κ2) is 9.84. The molecule has 0 unspecified atom stereocenters. The second-order valence-corrected chi connectivity index (χ2v) is 11.6. The predicted molar refractivity (Wildman–Crippen MR) is 145 cm³/mol. The molecular formula is C30H36BFN2O3. The van der Waals surface area contributed by atoms with Crippen molar-refractivity contribution in [3.63, 3.8) is 0 Å². The summed E-state index contributed by atoms with van der Waals surface area (Å²) in [5.74, 6) is 0.504. The van der Waals surface area contributed by atoms with Crippen molar-refractivity contribution in [2.75, 3.05) is 0 Å². The van der Waals surface area contributed by atoms with Crippen molar-refractivity contribution in [1.82, 2.24) is 10.3 Å². The lowest BCUT2D eigenvalue weighted by molar-refractivity contribution is 0.00578. The number of halogens is 1. The molecule has 5 rings (SSSR count). The molecule has 0 spiro atoms. The van der Waals surface area contributed by atoms with Crippen LogP contribution in [-0.4, -0.2) is 35.3 Å². The Labute approximate surface area is 219 Å². The summed E-state index contributed by atoms with van der Waals surface area (Å²) in [6.07, 6.45) is 5.90. The highest BCUT2D eigenvalue weighted by Crippen LogP contribution is 2.39. The van der Waals surface area contributed by atoms with Crippen LogP contribution >= 0.6 is 0 Å². The van der Waals surface area contributed by atoms with Gasteiger partial charge in [0.2, 0.25) is 0 Å². The molecule has 1 aliphatic carbocycles. The summed E-state index contributed by atoms with van der Waals surface area (Å²) in [4.78, 5) is 17.4. The van der Waals surface area contributed by atoms with Crippen molar-refractivity contribution in [3.05, 3.63) is 71.7 Å². The molecule has 1 aliphatic heterocycles. The maximum Gasteiger partial charge on any atom is 0.494 e. The molecule has 1 N–H and O–H groups in total. The molecule has 1 saturated carbocycles. The third-order valence-corrected chi connectivity index (χ3v) is 8.71. The van der Waals surface area contributed by atoms with E-state index in [1.54, 1.807) is 12.1 Å². The van der Waals surface area contributed by atoms with Crippen molar-refractivity contribution in [1.29, 1.82) is 0 Å². The highest BCUT2D eigenvalue weighted by atomic mass is 19.1. The minimum atomic E-state index is -0.440. The van der Waals surface area contributed by atoms with Crippen molar-refractivity contribution in [3.8, 4) is 0 Å². The molecule has 0 radical (unpaired) electrons. The van der Waals surface area contributed by atoms with Gasteiger partial charge in [0.05, 0.1) is 16.7 Å². The van der Waals surface area contributed by atoms with Crippen LogP contribution < -0.4 is 10.8 Å². The normalized spacial score (nSPS) is 23.7. The van der Waals surface area contributed by atoms with Gasteiger partial charge in [-0.05, 0) is 120 Å². The minimum absolute atomic E-state index is 0.0642. The lowest BCUT2D eigenvalue weighted by Crippen LogP contribution is -2.41. The van der Waals surface area contributed by atoms with Crippen molar-refractivity contribution in [2.45, 2.75) is 83.5 Å². The molecule has 1 amide bonds. The summed E-state index contributed by atoms with van der Waals surface area (Å²) in [6.45, 7) is 10.2. The number of hydrogen-bond acceptors (Lipinski definition) is 4. The molecule has 2 aromatic carbocycles. The Balaban J connectivity index is 1.17. The van der Waals surface area contributed by atoms with Crippen molar-refractivity contribution in [2.24, 2.45) is 5.92 Å². The van der Waals surface area contributed by atoms with Crippen LogP contribution in [0.3, 0.4) is 0 Å². The van der Waals surface area contributed by atoms with Crippen LogP contribution in [0.15, 0.2) is 54.7 Å². The molecule has 3 aromatic rings. The first kappa shape index (κ1) is 25.9. The third-order valence-electron chi connectivity index (χ3n) is 8.71. The summed E-state index contributed by atoms with van der Waals surface area (Å²) in [5, 5.41) is 4.12. The molecule has 1 saturated heterocycles. The number of amides is 1. The van der Waals surface area contributed by atoms with E-state index in [1.807, 2.05) is 64.2 Å². The summed E-state index contributed by atoms with van der Waals surface area (Å²) in [5.41, 5.74) is 2.76. The zero-order chi connectivity index (χ0) is 26.4. The van der Waals surface area contributed by atoms with Gasteiger partial charge < -0.3 is 14.6 Å². The van der Waals surface area contributed by atoms with E-state index in [-0.39, 0.29) is 17.8 Å². The average Bonchev–Trinajstić information content (AvgIpc) is 3.10. The van der Waals surface area contributed by atoms with Gasteiger partial charge in [0.15, 0.2) is 0 Å². The van der Waals surface area contributed by atoms with Crippen molar-refractivity contribution < 1.29 is 18.5 Å². The van der Waals surface area contributed by atoms with E-state index in [1.165, 1.54) is 11.6 Å². The van der Waals surface area contributed by atoms with Crippen LogP contribution in [-0.2, 0) is 9.31 Å². The number of nitrogens with zero attached hydrogens (tertiary/aromatic N) is 1. The third kappa shape index (κ3) is 5.16. The Morgan fingerprint density at radius 2 is 1.65 bits per heavy atom. The molecule has 37 heavy (non-hydrogen) atoms. The van der Waals surface area contributed by atoms with E-state index in [0.29, 0.717) is 17.4 Å². The fourth-order valence-corrected chi connectivity index (χ4v) is 5.60. The second-order valence-electron chi connectivity index (χ2n) is 11.6. The van der Waals surface area contributed by atoms with E-state index in [9.17, 15) is 9.18 Å². The van der Waals surface area contributed by atoms with Gasteiger partial charge in [-0.2, -0.15) is 0 Å². The number of nitrogens with one attached hydrogen (secondary N) is 1. The molecule has 5 nitrogen and oxygen atoms in total. The Morgan fingerprint density at radius 1 is 1.00 bits per heavy atom. The van der Waals surface area contributed by atoms with Gasteiger partial charge in [0, 0.05) is 23.2 Å². The summed E-state index contributed by atoms with van der Waals surface area (Å²) in [7, 11) is -0.440. The van der Waals surface area contributed by atoms with Crippen LogP contribution in [0.1, 0.15) is 82.1 Å². The summed E-state index contributed by atoms with van der Waals surface area (Å²) in [6, 6.07) is 14.4. The molecule has 7 heteroatoms. The smallest absolute Gasteiger partial charge is 0.399 e. The highest BCUT2D eigenvalue weighted by Gasteiger charge is 2.51. The van der Waals surface area contributed by atoms with Gasteiger partial charge in [-0.1, -0.05) is 12.1 Å². The standard InChI is InChI=1S/C30H36BFN2O3/c1-19(20-6-8-21(9-7-20)25-16-17-33-27-15-14-24(32)18-26(25)27)34-28(35)22-10-12-23(13-11-22)31-36-29(2,3)30(4,5)37-31/h10-21H,6-9H2,1-5H3,(H,34,35)/t19-,20-,21-/m1/s1. The quantitative estimate of drug-likeness (QED) is 0.451. The van der Waals surface area contributed by atoms with Gasteiger partial charge in [-0.25, -0.2) is 4.39 Å².